The van der Waals surface area contributed by atoms with Crippen LogP contribution in [0.1, 0.15) is 66.6 Å². The van der Waals surface area contributed by atoms with Gasteiger partial charge in [-0.3, -0.25) is 14.7 Å². The van der Waals surface area contributed by atoms with Gasteiger partial charge in [0.2, 0.25) is 0 Å². The molecule has 3 aromatic carbocycles. The summed E-state index contributed by atoms with van der Waals surface area (Å²) in [6.45, 7) is 13.7. The zero-order valence-corrected chi connectivity index (χ0v) is 24.1. The third-order valence-corrected chi connectivity index (χ3v) is 7.82. The molecule has 5 rings (SSSR count). The number of rotatable bonds is 8. The Bertz CT molecular complexity index is 1400. The minimum atomic E-state index is -0.0813. The quantitative estimate of drug-likeness (QED) is 0.254. The molecule has 206 valence electrons. The van der Waals surface area contributed by atoms with Crippen LogP contribution in [-0.2, 0) is 6.54 Å². The molecule has 5 heteroatoms. The van der Waals surface area contributed by atoms with Crippen molar-refractivity contribution in [3.05, 3.63) is 114 Å². The third kappa shape index (κ3) is 6.43. The molecule has 4 aromatic rings. The number of pyridine rings is 1. The maximum atomic E-state index is 13.6. The van der Waals surface area contributed by atoms with Crippen molar-refractivity contribution in [1.82, 2.24) is 9.88 Å². The lowest BCUT2D eigenvalue weighted by atomic mass is 9.87. The number of benzene rings is 3. The average molecular weight is 533 g/mol. The number of nitrogens with one attached hydrogen (secondary N) is 1. The Hall–Kier alpha value is -3.96. The van der Waals surface area contributed by atoms with E-state index in [-0.39, 0.29) is 5.91 Å². The fourth-order valence-corrected chi connectivity index (χ4v) is 5.47. The maximum Gasteiger partial charge on any atom is 0.256 e. The van der Waals surface area contributed by atoms with Crippen LogP contribution in [0.5, 0.6) is 0 Å². The number of carbonyl (C=O) groups is 1. The first kappa shape index (κ1) is 27.6. The Morgan fingerprint density at radius 1 is 0.825 bits per heavy atom. The van der Waals surface area contributed by atoms with E-state index in [1.807, 2.05) is 42.7 Å². The molecule has 0 unspecified atom stereocenters. The highest BCUT2D eigenvalue weighted by atomic mass is 16.1. The van der Waals surface area contributed by atoms with Crippen molar-refractivity contribution in [2.45, 2.75) is 46.1 Å². The monoisotopic (exact) mass is 532 g/mol. The van der Waals surface area contributed by atoms with Gasteiger partial charge in [-0.05, 0) is 76.1 Å². The highest BCUT2D eigenvalue weighted by molar-refractivity contribution is 6.09. The van der Waals surface area contributed by atoms with Crippen molar-refractivity contribution < 1.29 is 4.79 Å². The SMILES string of the molecule is CC(C)c1ccc(-c2c(C(=O)Nc3ccc(N4CCN(Cc5cccnc5)CC4)cc3)cccc2C(C)C)cc1. The summed E-state index contributed by atoms with van der Waals surface area (Å²) in [7, 11) is 0. The molecule has 1 aliphatic heterocycles. The van der Waals surface area contributed by atoms with Crippen molar-refractivity contribution in [1.29, 1.82) is 0 Å². The number of hydrogen-bond donors (Lipinski definition) is 1. The summed E-state index contributed by atoms with van der Waals surface area (Å²) in [5, 5.41) is 3.16. The van der Waals surface area contributed by atoms with E-state index >= 15 is 0 Å². The summed E-state index contributed by atoms with van der Waals surface area (Å²) >= 11 is 0. The van der Waals surface area contributed by atoms with E-state index in [0.29, 0.717) is 17.4 Å². The van der Waals surface area contributed by atoms with Crippen LogP contribution in [0.3, 0.4) is 0 Å². The van der Waals surface area contributed by atoms with Crippen LogP contribution in [-0.4, -0.2) is 42.0 Å². The molecule has 0 spiro atoms. The lowest BCUT2D eigenvalue weighted by Gasteiger charge is -2.36. The lowest BCUT2D eigenvalue weighted by molar-refractivity contribution is 0.102. The number of amides is 1. The Kier molecular flexibility index (Phi) is 8.61. The molecule has 0 radical (unpaired) electrons. The second-order valence-corrected chi connectivity index (χ2v) is 11.3. The third-order valence-electron chi connectivity index (χ3n) is 7.82. The predicted octanol–water partition coefficient (Wildman–Crippen LogP) is 7.57. The molecule has 1 amide bonds. The molecule has 0 bridgehead atoms. The van der Waals surface area contributed by atoms with Crippen molar-refractivity contribution in [3.63, 3.8) is 0 Å². The molecule has 2 heterocycles. The van der Waals surface area contributed by atoms with Crippen LogP contribution in [0.4, 0.5) is 11.4 Å². The molecular weight excluding hydrogens is 492 g/mol. The van der Waals surface area contributed by atoms with E-state index in [4.69, 9.17) is 0 Å². The number of carbonyl (C=O) groups excluding carboxylic acids is 1. The molecule has 0 saturated carbocycles. The Balaban J connectivity index is 1.27. The summed E-state index contributed by atoms with van der Waals surface area (Å²) < 4.78 is 0. The van der Waals surface area contributed by atoms with Gasteiger partial charge in [-0.25, -0.2) is 0 Å². The molecule has 1 saturated heterocycles. The standard InChI is InChI=1S/C35H40N4O/c1-25(2)28-10-12-29(13-11-28)34-32(26(3)4)8-5-9-33(34)35(40)37-30-14-16-31(17-15-30)39-21-19-38(20-22-39)24-27-7-6-18-36-23-27/h5-18,23,25-26H,19-22,24H2,1-4H3,(H,37,40). The van der Waals surface area contributed by atoms with E-state index in [0.717, 1.165) is 49.5 Å². The average Bonchev–Trinajstić information content (AvgIpc) is 2.98. The summed E-state index contributed by atoms with van der Waals surface area (Å²) in [4.78, 5) is 22.7. The normalized spacial score (nSPS) is 14.1. The van der Waals surface area contributed by atoms with Crippen LogP contribution in [0, 0.1) is 0 Å². The summed E-state index contributed by atoms with van der Waals surface area (Å²) in [6, 6.07) is 27.1. The van der Waals surface area contributed by atoms with Gasteiger partial charge in [0.25, 0.3) is 5.91 Å². The predicted molar refractivity (Wildman–Crippen MR) is 166 cm³/mol. The van der Waals surface area contributed by atoms with Gasteiger partial charge < -0.3 is 10.2 Å². The fraction of sp³-hybridized carbons (Fsp3) is 0.314. The highest BCUT2D eigenvalue weighted by Crippen LogP contribution is 2.34. The molecule has 1 fully saturated rings. The van der Waals surface area contributed by atoms with Crippen LogP contribution in [0.15, 0.2) is 91.3 Å². The van der Waals surface area contributed by atoms with E-state index in [1.54, 1.807) is 0 Å². The fourth-order valence-electron chi connectivity index (χ4n) is 5.47. The Morgan fingerprint density at radius 2 is 1.55 bits per heavy atom. The van der Waals surface area contributed by atoms with E-state index in [1.165, 1.54) is 22.4 Å². The van der Waals surface area contributed by atoms with Gasteiger partial charge >= 0.3 is 0 Å². The number of nitrogens with zero attached hydrogens (tertiary/aromatic N) is 3. The molecule has 0 aliphatic carbocycles. The summed E-state index contributed by atoms with van der Waals surface area (Å²) in [6.07, 6.45) is 3.77. The zero-order valence-electron chi connectivity index (χ0n) is 24.1. The first-order valence-corrected chi connectivity index (χ1v) is 14.4. The first-order valence-electron chi connectivity index (χ1n) is 14.4. The molecule has 1 aliphatic rings. The Morgan fingerprint density at radius 3 is 2.17 bits per heavy atom. The molecule has 1 N–H and O–H groups in total. The van der Waals surface area contributed by atoms with Crippen molar-refractivity contribution in [2.75, 3.05) is 36.4 Å². The molecule has 40 heavy (non-hydrogen) atoms. The minimum Gasteiger partial charge on any atom is -0.369 e. The van der Waals surface area contributed by atoms with Crippen LogP contribution >= 0.6 is 0 Å². The van der Waals surface area contributed by atoms with Crippen LogP contribution in [0.25, 0.3) is 11.1 Å². The van der Waals surface area contributed by atoms with Crippen LogP contribution in [0.2, 0.25) is 0 Å². The molecular formula is C35H40N4O. The van der Waals surface area contributed by atoms with Crippen molar-refractivity contribution >= 4 is 17.3 Å². The zero-order chi connectivity index (χ0) is 28.1. The van der Waals surface area contributed by atoms with Crippen LogP contribution < -0.4 is 10.2 Å². The lowest BCUT2D eigenvalue weighted by Crippen LogP contribution is -2.45. The minimum absolute atomic E-state index is 0.0813. The second-order valence-electron chi connectivity index (χ2n) is 11.3. The first-order chi connectivity index (χ1) is 19.4. The smallest absolute Gasteiger partial charge is 0.256 e. The van der Waals surface area contributed by atoms with Gasteiger partial charge in [-0.1, -0.05) is 70.2 Å². The van der Waals surface area contributed by atoms with Gasteiger partial charge in [-0.2, -0.15) is 0 Å². The van der Waals surface area contributed by atoms with Crippen molar-refractivity contribution in [2.24, 2.45) is 0 Å². The molecule has 0 atom stereocenters. The van der Waals surface area contributed by atoms with Gasteiger partial charge in [-0.15, -0.1) is 0 Å². The maximum absolute atomic E-state index is 13.6. The van der Waals surface area contributed by atoms with Gasteiger partial charge in [0.1, 0.15) is 0 Å². The Labute approximate surface area is 238 Å². The summed E-state index contributed by atoms with van der Waals surface area (Å²) in [5.74, 6) is 0.690. The summed E-state index contributed by atoms with van der Waals surface area (Å²) in [5.41, 5.74) is 8.53. The number of hydrogen-bond acceptors (Lipinski definition) is 4. The largest absolute Gasteiger partial charge is 0.369 e. The molecule has 1 aromatic heterocycles. The number of piperazine rings is 1. The topological polar surface area (TPSA) is 48.5 Å². The van der Waals surface area contributed by atoms with E-state index in [2.05, 4.69) is 96.3 Å². The van der Waals surface area contributed by atoms with Gasteiger partial charge in [0.05, 0.1) is 0 Å². The van der Waals surface area contributed by atoms with Gasteiger partial charge in [0, 0.05) is 62.1 Å². The molecule has 5 nitrogen and oxygen atoms in total. The van der Waals surface area contributed by atoms with E-state index in [9.17, 15) is 4.79 Å². The van der Waals surface area contributed by atoms with Gasteiger partial charge in [0.15, 0.2) is 0 Å². The second kappa shape index (κ2) is 12.5. The number of aromatic nitrogens is 1. The number of anilines is 2. The van der Waals surface area contributed by atoms with Crippen molar-refractivity contribution in [3.8, 4) is 11.1 Å². The highest BCUT2D eigenvalue weighted by Gasteiger charge is 2.20. The van der Waals surface area contributed by atoms with E-state index < -0.39 is 0 Å².